The Morgan fingerprint density at radius 3 is 2.47 bits per heavy atom. The van der Waals surface area contributed by atoms with Crippen LogP contribution in [0.15, 0.2) is 29.6 Å². The zero-order valence-corrected chi connectivity index (χ0v) is 33.1. The molecule has 0 spiro atoms. The number of aromatic nitrogens is 1. The second-order valence-corrected chi connectivity index (χ2v) is 16.4. The van der Waals surface area contributed by atoms with E-state index in [-0.39, 0.29) is 47.5 Å². The molecule has 3 rings (SSSR count). The lowest BCUT2D eigenvalue weighted by Gasteiger charge is -2.39. The third-order valence-electron chi connectivity index (χ3n) is 9.21. The molecule has 0 saturated carbocycles. The summed E-state index contributed by atoms with van der Waals surface area (Å²) in [5, 5.41) is 5.91. The highest BCUT2D eigenvalue weighted by molar-refractivity contribution is 7.89. The van der Waals surface area contributed by atoms with Crippen molar-refractivity contribution in [2.24, 2.45) is 11.8 Å². The number of piperidine rings is 1. The number of thiazole rings is 1. The van der Waals surface area contributed by atoms with Crippen LogP contribution in [0, 0.1) is 24.2 Å². The molecule has 3 amide bonds. The SMILES string of the molecule is C#CCCCON(C(=O)[C@@H](NC(=O)[C@H]1CCCCN1C)[C@@H](C)CC)[C@H](C[C@@H](OC(C)=O)c1nc(C(=O)NS(=O)(=O)Cc2ccc(N)cc2)cs1)C(C)C. The van der Waals surface area contributed by atoms with E-state index in [1.165, 1.54) is 17.4 Å². The Bertz CT molecular complexity index is 1690. The Morgan fingerprint density at radius 1 is 1.17 bits per heavy atom. The first-order chi connectivity index (χ1) is 25.1. The van der Waals surface area contributed by atoms with E-state index in [1.54, 1.807) is 24.3 Å². The van der Waals surface area contributed by atoms with Crippen LogP contribution in [0.5, 0.6) is 0 Å². The van der Waals surface area contributed by atoms with Gasteiger partial charge < -0.3 is 15.8 Å². The number of hydrogen-bond acceptors (Lipinski definition) is 12. The van der Waals surface area contributed by atoms with Crippen LogP contribution in [0.1, 0.15) is 107 Å². The molecule has 5 atom stereocenters. The van der Waals surface area contributed by atoms with Crippen LogP contribution >= 0.6 is 11.3 Å². The summed E-state index contributed by atoms with van der Waals surface area (Å²) in [6.45, 7) is 9.76. The van der Waals surface area contributed by atoms with Gasteiger partial charge in [0.15, 0.2) is 6.10 Å². The smallest absolute Gasteiger partial charge is 0.303 e. The molecule has 0 bridgehead atoms. The maximum Gasteiger partial charge on any atom is 0.303 e. The molecular weight excluding hydrogens is 721 g/mol. The summed E-state index contributed by atoms with van der Waals surface area (Å²) < 4.78 is 33.3. The number of anilines is 1. The summed E-state index contributed by atoms with van der Waals surface area (Å²) in [5.41, 5.74) is 6.41. The van der Waals surface area contributed by atoms with Gasteiger partial charge in [0.2, 0.25) is 15.9 Å². The molecule has 1 aromatic carbocycles. The molecule has 1 fully saturated rings. The van der Waals surface area contributed by atoms with Gasteiger partial charge in [-0.2, -0.15) is 0 Å². The summed E-state index contributed by atoms with van der Waals surface area (Å²) in [6.07, 6.45) is 8.56. The van der Waals surface area contributed by atoms with Crippen molar-refractivity contribution in [2.75, 3.05) is 25.9 Å². The van der Waals surface area contributed by atoms with Crippen molar-refractivity contribution in [3.63, 3.8) is 0 Å². The molecule has 0 radical (unpaired) electrons. The number of likely N-dealkylation sites (tertiary alicyclic amines) is 1. The lowest BCUT2D eigenvalue weighted by molar-refractivity contribution is -0.213. The van der Waals surface area contributed by atoms with Crippen molar-refractivity contribution in [2.45, 2.75) is 110 Å². The first kappa shape index (κ1) is 43.4. The number of hydrogen-bond donors (Lipinski definition) is 3. The number of nitrogens with zero attached hydrogens (tertiary/aromatic N) is 3. The zero-order chi connectivity index (χ0) is 39.3. The highest BCUT2D eigenvalue weighted by Crippen LogP contribution is 2.32. The van der Waals surface area contributed by atoms with Gasteiger partial charge in [0.1, 0.15) is 16.7 Å². The highest BCUT2D eigenvalue weighted by Gasteiger charge is 2.40. The van der Waals surface area contributed by atoms with Crippen LogP contribution in [-0.4, -0.2) is 85.4 Å². The number of esters is 1. The lowest BCUT2D eigenvalue weighted by Crippen LogP contribution is -2.58. The molecule has 1 saturated heterocycles. The largest absolute Gasteiger partial charge is 0.455 e. The van der Waals surface area contributed by atoms with Crippen LogP contribution in [-0.2, 0) is 39.7 Å². The normalized spacial score (nSPS) is 17.2. The van der Waals surface area contributed by atoms with Crippen molar-refractivity contribution in [1.29, 1.82) is 0 Å². The minimum absolute atomic E-state index is 0.0225. The van der Waals surface area contributed by atoms with Crippen molar-refractivity contribution in [1.82, 2.24) is 25.0 Å². The summed E-state index contributed by atoms with van der Waals surface area (Å²) in [5.74, 6) is -0.621. The van der Waals surface area contributed by atoms with Crippen LogP contribution in [0.25, 0.3) is 0 Å². The fourth-order valence-corrected chi connectivity index (χ4v) is 7.93. The molecule has 0 unspecified atom stereocenters. The maximum atomic E-state index is 14.6. The minimum Gasteiger partial charge on any atom is -0.455 e. The first-order valence-electron chi connectivity index (χ1n) is 18.0. The van der Waals surface area contributed by atoms with Crippen LogP contribution in [0.4, 0.5) is 5.69 Å². The molecule has 1 aliphatic rings. The number of ether oxygens (including phenoxy) is 1. The van der Waals surface area contributed by atoms with E-state index in [4.69, 9.17) is 21.7 Å². The number of hydroxylamine groups is 2. The molecular formula is C37H54N6O8S2. The Kier molecular flexibility index (Phi) is 16.7. The summed E-state index contributed by atoms with van der Waals surface area (Å²) in [6, 6.07) is 4.27. The Morgan fingerprint density at radius 2 is 1.87 bits per heavy atom. The Hall–Kier alpha value is -4.04. The molecule has 1 aromatic heterocycles. The average molecular weight is 775 g/mol. The lowest BCUT2D eigenvalue weighted by atomic mass is 9.93. The van der Waals surface area contributed by atoms with Gasteiger partial charge in [-0.05, 0) is 62.4 Å². The zero-order valence-electron chi connectivity index (χ0n) is 31.5. The van der Waals surface area contributed by atoms with Crippen molar-refractivity contribution in [3.8, 4) is 12.3 Å². The fourth-order valence-electron chi connectivity index (χ4n) is 6.00. The van der Waals surface area contributed by atoms with E-state index in [0.29, 0.717) is 36.9 Å². The van der Waals surface area contributed by atoms with E-state index in [0.717, 1.165) is 30.7 Å². The van der Waals surface area contributed by atoms with Gasteiger partial charge in [0, 0.05) is 30.8 Å². The average Bonchev–Trinajstić information content (AvgIpc) is 3.60. The van der Waals surface area contributed by atoms with Gasteiger partial charge in [-0.15, -0.1) is 23.7 Å². The summed E-state index contributed by atoms with van der Waals surface area (Å²) >= 11 is 1.01. The Labute approximate surface area is 317 Å². The number of nitrogens with two attached hydrogens (primary N) is 1. The standard InChI is InChI=1S/C37H54N6O8S2/c1-8-10-13-20-50-43(37(47)33(25(5)9-2)40-35(46)30-14-11-12-19-42(30)7)31(24(3)4)21-32(51-26(6)44)36-39-29(22-52-36)34(45)41-53(48,49)23-27-15-17-28(38)18-16-27/h1,15-18,22,24-25,30-33H,9-14,19-21,23,38H2,2-7H3,(H,40,46)(H,41,45)/t25-,30+,31+,32+,33-/m0/s1. The third-order valence-corrected chi connectivity index (χ3v) is 11.4. The first-order valence-corrected chi connectivity index (χ1v) is 20.5. The number of benzene rings is 1. The second-order valence-electron chi connectivity index (χ2n) is 13.8. The molecule has 16 heteroatoms. The predicted octanol–water partition coefficient (Wildman–Crippen LogP) is 4.19. The summed E-state index contributed by atoms with van der Waals surface area (Å²) in [4.78, 5) is 66.1. The third kappa shape index (κ3) is 13.1. The molecule has 2 heterocycles. The van der Waals surface area contributed by atoms with Gasteiger partial charge >= 0.3 is 5.97 Å². The van der Waals surface area contributed by atoms with Gasteiger partial charge in [-0.3, -0.25) is 28.9 Å². The predicted molar refractivity (Wildman–Crippen MR) is 203 cm³/mol. The number of nitrogen functional groups attached to an aromatic ring is 1. The molecule has 2 aromatic rings. The number of sulfonamides is 1. The van der Waals surface area contributed by atoms with Crippen LogP contribution in [0.2, 0.25) is 0 Å². The minimum atomic E-state index is -4.09. The molecule has 1 aliphatic heterocycles. The number of terminal acetylenes is 1. The van der Waals surface area contributed by atoms with E-state index in [2.05, 4.69) is 16.2 Å². The number of carbonyl (C=O) groups is 4. The molecule has 14 nitrogen and oxygen atoms in total. The fraction of sp³-hybridized carbons (Fsp3) is 0.595. The number of nitrogens with one attached hydrogen (secondary N) is 2. The van der Waals surface area contributed by atoms with Crippen LogP contribution < -0.4 is 15.8 Å². The van der Waals surface area contributed by atoms with E-state index < -0.39 is 51.7 Å². The molecule has 292 valence electrons. The van der Waals surface area contributed by atoms with Gasteiger partial charge in [-0.25, -0.2) is 23.2 Å². The number of amides is 3. The van der Waals surface area contributed by atoms with Gasteiger partial charge in [0.25, 0.3) is 11.8 Å². The molecule has 4 N–H and O–H groups in total. The monoisotopic (exact) mass is 774 g/mol. The van der Waals surface area contributed by atoms with E-state index in [9.17, 15) is 27.6 Å². The van der Waals surface area contributed by atoms with Gasteiger partial charge in [-0.1, -0.05) is 52.7 Å². The van der Waals surface area contributed by atoms with E-state index >= 15 is 0 Å². The quantitative estimate of drug-likeness (QED) is 0.0610. The van der Waals surface area contributed by atoms with Crippen molar-refractivity contribution < 1.29 is 37.2 Å². The highest BCUT2D eigenvalue weighted by atomic mass is 32.2. The molecule has 0 aliphatic carbocycles. The maximum absolute atomic E-state index is 14.6. The molecule has 53 heavy (non-hydrogen) atoms. The second kappa shape index (κ2) is 20.4. The number of unbranched alkanes of at least 4 members (excludes halogenated alkanes) is 1. The van der Waals surface area contributed by atoms with E-state index in [1.807, 2.05) is 44.4 Å². The number of rotatable bonds is 19. The van der Waals surface area contributed by atoms with Crippen LogP contribution in [0.3, 0.4) is 0 Å². The number of carbonyl (C=O) groups excluding carboxylic acids is 4. The van der Waals surface area contributed by atoms with Crippen molar-refractivity contribution >= 4 is 50.7 Å². The van der Waals surface area contributed by atoms with Crippen molar-refractivity contribution in [3.05, 3.63) is 45.9 Å². The summed E-state index contributed by atoms with van der Waals surface area (Å²) in [7, 11) is -2.19. The Balaban J connectivity index is 1.90. The number of likely N-dealkylation sites (N-methyl/N-ethyl adjacent to an activating group) is 1. The van der Waals surface area contributed by atoms with Gasteiger partial charge in [0.05, 0.1) is 24.4 Å². The topological polar surface area (TPSA) is 190 Å².